The molecule has 0 saturated carbocycles. The zero-order valence-corrected chi connectivity index (χ0v) is 15.3. The molecule has 1 aliphatic heterocycles. The van der Waals surface area contributed by atoms with E-state index in [1.165, 1.54) is 25.3 Å². The number of ether oxygens (including phenoxy) is 2. The van der Waals surface area contributed by atoms with Crippen molar-refractivity contribution in [2.75, 3.05) is 25.2 Å². The molecule has 2 rings (SSSR count). The Labute approximate surface area is 147 Å². The molecule has 1 aliphatic rings. The third-order valence-electron chi connectivity index (χ3n) is 3.59. The summed E-state index contributed by atoms with van der Waals surface area (Å²) in [4.78, 5) is 24.6. The number of rotatable bonds is 8. The molecule has 25 heavy (non-hydrogen) atoms. The summed E-state index contributed by atoms with van der Waals surface area (Å²) in [5, 5.41) is 0. The van der Waals surface area contributed by atoms with Crippen molar-refractivity contribution in [3.8, 4) is 5.75 Å². The highest BCUT2D eigenvalue weighted by Gasteiger charge is 2.31. The van der Waals surface area contributed by atoms with E-state index in [2.05, 4.69) is 4.72 Å². The van der Waals surface area contributed by atoms with Gasteiger partial charge in [-0.05, 0) is 32.0 Å². The number of benzene rings is 1. The quantitative estimate of drug-likeness (QED) is 0.542. The van der Waals surface area contributed by atoms with E-state index in [0.29, 0.717) is 0 Å². The zero-order valence-electron chi connectivity index (χ0n) is 14.4. The molecule has 0 aromatic heterocycles. The second-order valence-electron chi connectivity index (χ2n) is 5.78. The first-order valence-electron chi connectivity index (χ1n) is 7.91. The van der Waals surface area contributed by atoms with Gasteiger partial charge >= 0.3 is 0 Å². The third kappa shape index (κ3) is 4.56. The second-order valence-corrected chi connectivity index (χ2v) is 7.51. The normalized spacial score (nSPS) is 15.3. The minimum Gasteiger partial charge on any atom is -0.495 e. The first kappa shape index (κ1) is 19.4. The van der Waals surface area contributed by atoms with E-state index < -0.39 is 10.0 Å². The number of carbonyl (C=O) groups excluding carboxylic acids is 2. The summed E-state index contributed by atoms with van der Waals surface area (Å²) in [6.07, 6.45) is 0.240. The van der Waals surface area contributed by atoms with Crippen molar-refractivity contribution in [1.82, 2.24) is 4.72 Å². The Morgan fingerprint density at radius 3 is 2.40 bits per heavy atom. The SMILES string of the molecule is COc1ccc(N2C(=O)CCC2=O)cc1S(=O)(=O)NCCOC(C)C. The smallest absolute Gasteiger partial charge is 0.244 e. The number of carbonyl (C=O) groups is 2. The number of amides is 2. The van der Waals surface area contributed by atoms with E-state index >= 15 is 0 Å². The number of sulfonamides is 1. The number of anilines is 1. The van der Waals surface area contributed by atoms with Crippen LogP contribution >= 0.6 is 0 Å². The average Bonchev–Trinajstić information content (AvgIpc) is 2.89. The van der Waals surface area contributed by atoms with E-state index in [0.717, 1.165) is 4.90 Å². The van der Waals surface area contributed by atoms with Gasteiger partial charge in [0.05, 0.1) is 25.5 Å². The van der Waals surface area contributed by atoms with E-state index in [1.54, 1.807) is 0 Å². The Hall–Kier alpha value is -1.97. The summed E-state index contributed by atoms with van der Waals surface area (Å²) in [5.74, 6) is -0.575. The summed E-state index contributed by atoms with van der Waals surface area (Å²) >= 11 is 0. The highest BCUT2D eigenvalue weighted by molar-refractivity contribution is 7.89. The van der Waals surface area contributed by atoms with Gasteiger partial charge in [-0.2, -0.15) is 0 Å². The molecule has 0 radical (unpaired) electrons. The topological polar surface area (TPSA) is 102 Å². The number of methoxy groups -OCH3 is 1. The van der Waals surface area contributed by atoms with Crippen LogP contribution in [0.4, 0.5) is 5.69 Å². The maximum Gasteiger partial charge on any atom is 0.244 e. The lowest BCUT2D eigenvalue weighted by molar-refractivity contribution is -0.121. The molecular formula is C16H22N2O6S. The van der Waals surface area contributed by atoms with Crippen LogP contribution in [0.25, 0.3) is 0 Å². The minimum absolute atomic E-state index is 0.00504. The van der Waals surface area contributed by atoms with Gasteiger partial charge in [-0.25, -0.2) is 13.1 Å². The molecule has 1 heterocycles. The van der Waals surface area contributed by atoms with Crippen LogP contribution in [0.1, 0.15) is 26.7 Å². The fourth-order valence-corrected chi connectivity index (χ4v) is 3.63. The monoisotopic (exact) mass is 370 g/mol. The van der Waals surface area contributed by atoms with Gasteiger partial charge in [0.1, 0.15) is 10.6 Å². The van der Waals surface area contributed by atoms with E-state index in [-0.39, 0.29) is 60.2 Å². The van der Waals surface area contributed by atoms with Gasteiger partial charge < -0.3 is 9.47 Å². The lowest BCUT2D eigenvalue weighted by Crippen LogP contribution is -2.30. The van der Waals surface area contributed by atoms with Crippen LogP contribution in [0.2, 0.25) is 0 Å². The summed E-state index contributed by atoms with van der Waals surface area (Å²) in [6, 6.07) is 4.18. The van der Waals surface area contributed by atoms with Crippen LogP contribution in [0, 0.1) is 0 Å². The van der Waals surface area contributed by atoms with Gasteiger partial charge in [0.2, 0.25) is 21.8 Å². The lowest BCUT2D eigenvalue weighted by Gasteiger charge is -2.17. The molecule has 1 fully saturated rings. The predicted octanol–water partition coefficient (Wildman–Crippen LogP) is 1.05. The van der Waals surface area contributed by atoms with Gasteiger partial charge in [-0.15, -0.1) is 0 Å². The van der Waals surface area contributed by atoms with Gasteiger partial charge in [-0.1, -0.05) is 0 Å². The van der Waals surface area contributed by atoms with Crippen molar-refractivity contribution in [2.45, 2.75) is 37.7 Å². The summed E-state index contributed by atoms with van der Waals surface area (Å²) in [6.45, 7) is 4.02. The summed E-state index contributed by atoms with van der Waals surface area (Å²) < 4.78 is 37.9. The molecule has 1 aromatic carbocycles. The maximum atomic E-state index is 12.6. The summed E-state index contributed by atoms with van der Waals surface area (Å²) in [5.41, 5.74) is 0.215. The zero-order chi connectivity index (χ0) is 18.6. The van der Waals surface area contributed by atoms with Crippen molar-refractivity contribution >= 4 is 27.5 Å². The van der Waals surface area contributed by atoms with E-state index in [4.69, 9.17) is 9.47 Å². The van der Waals surface area contributed by atoms with Gasteiger partial charge in [-0.3, -0.25) is 14.5 Å². The van der Waals surface area contributed by atoms with Crippen molar-refractivity contribution in [1.29, 1.82) is 0 Å². The predicted molar refractivity (Wildman–Crippen MR) is 91.0 cm³/mol. The number of nitrogens with one attached hydrogen (secondary N) is 1. The molecule has 0 aliphatic carbocycles. The highest BCUT2D eigenvalue weighted by atomic mass is 32.2. The molecule has 2 amide bonds. The van der Waals surface area contributed by atoms with Crippen LogP contribution in [0.5, 0.6) is 5.75 Å². The van der Waals surface area contributed by atoms with Crippen LogP contribution in [-0.2, 0) is 24.3 Å². The highest BCUT2D eigenvalue weighted by Crippen LogP contribution is 2.31. The van der Waals surface area contributed by atoms with Gasteiger partial charge in [0.15, 0.2) is 0 Å². The Morgan fingerprint density at radius 2 is 1.84 bits per heavy atom. The Bertz CT molecular complexity index is 744. The standard InChI is InChI=1S/C16H22N2O6S/c1-11(2)24-9-8-17-25(21,22)14-10-12(4-5-13(14)23-3)18-15(19)6-7-16(18)20/h4-5,10-11,17H,6-9H2,1-3H3. The van der Waals surface area contributed by atoms with E-state index in [9.17, 15) is 18.0 Å². The number of hydrogen-bond donors (Lipinski definition) is 1. The fourth-order valence-electron chi connectivity index (χ4n) is 2.43. The number of hydrogen-bond acceptors (Lipinski definition) is 6. The Balaban J connectivity index is 2.27. The molecule has 9 heteroatoms. The maximum absolute atomic E-state index is 12.6. The number of imide groups is 1. The van der Waals surface area contributed by atoms with Crippen molar-refractivity contribution < 1.29 is 27.5 Å². The molecule has 138 valence electrons. The molecule has 8 nitrogen and oxygen atoms in total. The van der Waals surface area contributed by atoms with Crippen LogP contribution in [0.3, 0.4) is 0 Å². The summed E-state index contributed by atoms with van der Waals surface area (Å²) in [7, 11) is -2.54. The van der Waals surface area contributed by atoms with Gasteiger partial charge in [0, 0.05) is 19.4 Å². The van der Waals surface area contributed by atoms with Crippen molar-refractivity contribution in [3.63, 3.8) is 0 Å². The van der Waals surface area contributed by atoms with Crippen LogP contribution in [-0.4, -0.2) is 46.6 Å². The molecule has 1 aromatic rings. The molecule has 0 atom stereocenters. The third-order valence-corrected chi connectivity index (χ3v) is 5.07. The van der Waals surface area contributed by atoms with Crippen LogP contribution in [0.15, 0.2) is 23.1 Å². The number of nitrogens with zero attached hydrogens (tertiary/aromatic N) is 1. The molecule has 0 bridgehead atoms. The van der Waals surface area contributed by atoms with Gasteiger partial charge in [0.25, 0.3) is 0 Å². The Kier molecular flexibility index (Phi) is 6.15. The van der Waals surface area contributed by atoms with Crippen molar-refractivity contribution in [3.05, 3.63) is 18.2 Å². The lowest BCUT2D eigenvalue weighted by atomic mass is 10.2. The largest absolute Gasteiger partial charge is 0.495 e. The molecular weight excluding hydrogens is 348 g/mol. The minimum atomic E-state index is -3.89. The average molecular weight is 370 g/mol. The molecule has 1 N–H and O–H groups in total. The second kappa shape index (κ2) is 7.94. The first-order valence-corrected chi connectivity index (χ1v) is 9.39. The van der Waals surface area contributed by atoms with E-state index in [1.807, 2.05) is 13.8 Å². The van der Waals surface area contributed by atoms with Crippen molar-refractivity contribution in [2.24, 2.45) is 0 Å². The molecule has 0 unspecified atom stereocenters. The first-order chi connectivity index (χ1) is 11.8. The van der Waals surface area contributed by atoms with Crippen LogP contribution < -0.4 is 14.4 Å². The molecule has 1 saturated heterocycles. The molecule has 0 spiro atoms. The fraction of sp³-hybridized carbons (Fsp3) is 0.500. The Morgan fingerprint density at radius 1 is 1.20 bits per heavy atom.